The van der Waals surface area contributed by atoms with E-state index in [0.29, 0.717) is 0 Å². The quantitative estimate of drug-likeness (QED) is 0.622. The number of aliphatic imine (C=N–C) groups is 1. The molecule has 0 saturated heterocycles. The van der Waals surface area contributed by atoms with E-state index in [1.165, 1.54) is 5.56 Å². The summed E-state index contributed by atoms with van der Waals surface area (Å²) >= 11 is 0. The number of nitrogens with zero attached hydrogens (tertiary/aromatic N) is 1. The van der Waals surface area contributed by atoms with E-state index in [2.05, 4.69) is 29.8 Å². The van der Waals surface area contributed by atoms with Crippen molar-refractivity contribution < 1.29 is 4.42 Å². The third-order valence-electron chi connectivity index (χ3n) is 3.50. The molecule has 0 aliphatic carbocycles. The Morgan fingerprint density at radius 2 is 2.00 bits per heavy atom. The maximum atomic E-state index is 6.00. The third kappa shape index (κ3) is 1.10. The van der Waals surface area contributed by atoms with Crippen LogP contribution < -0.4 is 0 Å². The number of para-hydroxylation sites is 1. The van der Waals surface area contributed by atoms with Gasteiger partial charge in [0, 0.05) is 16.3 Å². The van der Waals surface area contributed by atoms with Gasteiger partial charge in [0.1, 0.15) is 11.2 Å². The van der Waals surface area contributed by atoms with Crippen molar-refractivity contribution in [3.05, 3.63) is 60.2 Å². The Kier molecular flexibility index (Phi) is 1.78. The first-order valence-corrected chi connectivity index (χ1v) is 5.99. The lowest BCUT2D eigenvalue weighted by molar-refractivity contribution is 0.668. The van der Waals surface area contributed by atoms with E-state index in [1.54, 1.807) is 6.08 Å². The average Bonchev–Trinajstić information content (AvgIpc) is 2.98. The van der Waals surface area contributed by atoms with Crippen LogP contribution in [0.5, 0.6) is 0 Å². The highest BCUT2D eigenvalue weighted by atomic mass is 16.3. The standard InChI is InChI=1S/C16H11NO/c1-2-13-15-10(9-17-13)7-8-12-11-5-3-4-6-14(11)18-16(12)15/h2-8H,1,9H2. The molecule has 1 aromatic heterocycles. The van der Waals surface area contributed by atoms with Gasteiger partial charge < -0.3 is 4.42 Å². The fraction of sp³-hybridized carbons (Fsp3) is 0.0625. The molecule has 86 valence electrons. The molecule has 2 heterocycles. The third-order valence-corrected chi connectivity index (χ3v) is 3.50. The largest absolute Gasteiger partial charge is 0.455 e. The molecule has 1 aliphatic heterocycles. The summed E-state index contributed by atoms with van der Waals surface area (Å²) in [5.41, 5.74) is 5.13. The molecule has 18 heavy (non-hydrogen) atoms. The molecule has 0 spiro atoms. The van der Waals surface area contributed by atoms with Crippen molar-refractivity contribution in [2.75, 3.05) is 0 Å². The Balaban J connectivity index is 2.21. The van der Waals surface area contributed by atoms with Gasteiger partial charge in [-0.15, -0.1) is 0 Å². The Morgan fingerprint density at radius 1 is 1.11 bits per heavy atom. The fourth-order valence-electron chi connectivity index (χ4n) is 2.66. The smallest absolute Gasteiger partial charge is 0.145 e. The number of rotatable bonds is 1. The molecule has 2 nitrogen and oxygen atoms in total. The topological polar surface area (TPSA) is 25.5 Å². The van der Waals surface area contributed by atoms with E-state index >= 15 is 0 Å². The Morgan fingerprint density at radius 3 is 2.89 bits per heavy atom. The van der Waals surface area contributed by atoms with Crippen LogP contribution >= 0.6 is 0 Å². The molecule has 1 aliphatic rings. The second-order valence-corrected chi connectivity index (χ2v) is 4.48. The zero-order valence-electron chi connectivity index (χ0n) is 9.81. The second-order valence-electron chi connectivity index (χ2n) is 4.48. The highest BCUT2D eigenvalue weighted by molar-refractivity contribution is 6.20. The number of allylic oxidation sites excluding steroid dienone is 1. The molecule has 0 saturated carbocycles. The minimum absolute atomic E-state index is 0.726. The Hall–Kier alpha value is -2.35. The molecular formula is C16H11NO. The monoisotopic (exact) mass is 233 g/mol. The Bertz CT molecular complexity index is 824. The molecule has 0 bridgehead atoms. The van der Waals surface area contributed by atoms with Crippen molar-refractivity contribution in [2.45, 2.75) is 6.54 Å². The van der Waals surface area contributed by atoms with E-state index in [0.717, 1.165) is 39.8 Å². The van der Waals surface area contributed by atoms with Crippen molar-refractivity contribution in [3.8, 4) is 0 Å². The van der Waals surface area contributed by atoms with E-state index < -0.39 is 0 Å². The van der Waals surface area contributed by atoms with Gasteiger partial charge in [-0.05, 0) is 17.7 Å². The minimum Gasteiger partial charge on any atom is -0.455 e. The molecule has 4 rings (SSSR count). The van der Waals surface area contributed by atoms with E-state index in [4.69, 9.17) is 4.42 Å². The molecule has 0 fully saturated rings. The van der Waals surface area contributed by atoms with Gasteiger partial charge in [0.2, 0.25) is 0 Å². The van der Waals surface area contributed by atoms with Crippen LogP contribution in [0.25, 0.3) is 21.9 Å². The van der Waals surface area contributed by atoms with Gasteiger partial charge in [0.15, 0.2) is 0 Å². The summed E-state index contributed by atoms with van der Waals surface area (Å²) in [5.74, 6) is 0. The van der Waals surface area contributed by atoms with Crippen LogP contribution in [0.15, 0.2) is 58.5 Å². The fourth-order valence-corrected chi connectivity index (χ4v) is 2.66. The maximum Gasteiger partial charge on any atom is 0.145 e. The number of hydrogen-bond acceptors (Lipinski definition) is 2. The van der Waals surface area contributed by atoms with Crippen LogP contribution in [0.2, 0.25) is 0 Å². The number of furan rings is 1. The first-order valence-electron chi connectivity index (χ1n) is 5.99. The van der Waals surface area contributed by atoms with E-state index in [9.17, 15) is 0 Å². The zero-order valence-corrected chi connectivity index (χ0v) is 9.81. The molecule has 0 radical (unpaired) electrons. The predicted octanol–water partition coefficient (Wildman–Crippen LogP) is 4.07. The summed E-state index contributed by atoms with van der Waals surface area (Å²) in [6.07, 6.45) is 1.80. The summed E-state index contributed by atoms with van der Waals surface area (Å²) in [5, 5.41) is 2.31. The summed E-state index contributed by atoms with van der Waals surface area (Å²) in [4.78, 5) is 4.48. The SMILES string of the molecule is C=CC1=NCc2ccc3c(oc4ccccc43)c21. The van der Waals surface area contributed by atoms with Crippen LogP contribution in [-0.2, 0) is 6.54 Å². The van der Waals surface area contributed by atoms with Crippen LogP contribution in [0.1, 0.15) is 11.1 Å². The average molecular weight is 233 g/mol. The predicted molar refractivity (Wildman–Crippen MR) is 74.2 cm³/mol. The highest BCUT2D eigenvalue weighted by Crippen LogP contribution is 2.35. The van der Waals surface area contributed by atoms with Crippen LogP contribution in [0, 0.1) is 0 Å². The molecule has 0 amide bonds. The van der Waals surface area contributed by atoms with E-state index in [1.807, 2.05) is 18.2 Å². The summed E-state index contributed by atoms with van der Waals surface area (Å²) in [6, 6.07) is 12.4. The molecule has 2 aromatic carbocycles. The number of fused-ring (bicyclic) bond motifs is 5. The van der Waals surface area contributed by atoms with Crippen molar-refractivity contribution in [1.82, 2.24) is 0 Å². The van der Waals surface area contributed by atoms with Crippen molar-refractivity contribution in [1.29, 1.82) is 0 Å². The molecular weight excluding hydrogens is 222 g/mol. The number of hydrogen-bond donors (Lipinski definition) is 0. The highest BCUT2D eigenvalue weighted by Gasteiger charge is 2.20. The molecule has 3 aromatic rings. The summed E-state index contributed by atoms with van der Waals surface area (Å²) < 4.78 is 6.00. The van der Waals surface area contributed by atoms with Crippen LogP contribution in [-0.4, -0.2) is 5.71 Å². The van der Waals surface area contributed by atoms with Gasteiger partial charge in [0.25, 0.3) is 0 Å². The Labute approximate surface area is 104 Å². The summed E-state index contributed by atoms with van der Waals surface area (Å²) in [6.45, 7) is 4.56. The van der Waals surface area contributed by atoms with Gasteiger partial charge >= 0.3 is 0 Å². The minimum atomic E-state index is 0.726. The normalized spacial score (nSPS) is 13.9. The van der Waals surface area contributed by atoms with Crippen LogP contribution in [0.3, 0.4) is 0 Å². The van der Waals surface area contributed by atoms with E-state index in [-0.39, 0.29) is 0 Å². The number of benzene rings is 2. The van der Waals surface area contributed by atoms with Crippen molar-refractivity contribution in [2.24, 2.45) is 4.99 Å². The molecule has 0 N–H and O–H groups in total. The van der Waals surface area contributed by atoms with Gasteiger partial charge in [-0.25, -0.2) is 0 Å². The van der Waals surface area contributed by atoms with Gasteiger partial charge in [0.05, 0.1) is 12.3 Å². The van der Waals surface area contributed by atoms with Gasteiger partial charge in [-0.3, -0.25) is 4.99 Å². The maximum absolute atomic E-state index is 6.00. The summed E-state index contributed by atoms with van der Waals surface area (Å²) in [7, 11) is 0. The lowest BCUT2D eigenvalue weighted by atomic mass is 10.0. The molecule has 0 unspecified atom stereocenters. The zero-order chi connectivity index (χ0) is 12.1. The first kappa shape index (κ1) is 9.66. The van der Waals surface area contributed by atoms with Gasteiger partial charge in [-0.2, -0.15) is 0 Å². The molecule has 2 heteroatoms. The van der Waals surface area contributed by atoms with Crippen molar-refractivity contribution in [3.63, 3.8) is 0 Å². The lowest BCUT2D eigenvalue weighted by Crippen LogP contribution is -1.93. The van der Waals surface area contributed by atoms with Gasteiger partial charge in [-0.1, -0.05) is 36.9 Å². The molecule has 0 atom stereocenters. The van der Waals surface area contributed by atoms with Crippen molar-refractivity contribution >= 4 is 27.7 Å². The second kappa shape index (κ2) is 3.33. The lowest BCUT2D eigenvalue weighted by Gasteiger charge is -2.00. The van der Waals surface area contributed by atoms with Crippen LogP contribution in [0.4, 0.5) is 0 Å². The first-order chi connectivity index (χ1) is 8.88.